The second-order valence-electron chi connectivity index (χ2n) is 6.73. The molecule has 0 radical (unpaired) electrons. The highest BCUT2D eigenvalue weighted by molar-refractivity contribution is 7.13. The van der Waals surface area contributed by atoms with Gasteiger partial charge in [0.05, 0.1) is 10.6 Å². The Morgan fingerprint density at radius 1 is 1.15 bits per heavy atom. The van der Waals surface area contributed by atoms with Crippen LogP contribution in [-0.2, 0) is 6.54 Å². The minimum absolute atomic E-state index is 0.129. The largest absolute Gasteiger partial charge is 0.302 e. The van der Waals surface area contributed by atoms with Crippen LogP contribution >= 0.6 is 11.3 Å². The summed E-state index contributed by atoms with van der Waals surface area (Å²) in [5.41, 5.74) is 4.79. The van der Waals surface area contributed by atoms with Crippen LogP contribution in [0, 0.1) is 17.0 Å². The van der Waals surface area contributed by atoms with E-state index in [1.165, 1.54) is 16.9 Å². The second kappa shape index (κ2) is 8.41. The molecule has 3 aromatic rings. The van der Waals surface area contributed by atoms with Crippen molar-refractivity contribution in [3.8, 4) is 21.8 Å². The van der Waals surface area contributed by atoms with Gasteiger partial charge in [-0.1, -0.05) is 43.3 Å². The van der Waals surface area contributed by atoms with Gasteiger partial charge in [0.2, 0.25) is 0 Å². The lowest BCUT2D eigenvalue weighted by Crippen LogP contribution is -2.18. The number of aromatic nitrogens is 1. The number of nitro groups is 1. The highest BCUT2D eigenvalue weighted by atomic mass is 32.1. The molecule has 2 aromatic carbocycles. The first kappa shape index (κ1) is 19.2. The molecule has 0 atom stereocenters. The predicted octanol–water partition coefficient (Wildman–Crippen LogP) is 5.54. The zero-order valence-electron chi connectivity index (χ0n) is 15.8. The number of rotatable bonds is 7. The van der Waals surface area contributed by atoms with Crippen LogP contribution in [0.5, 0.6) is 0 Å². The summed E-state index contributed by atoms with van der Waals surface area (Å²) in [6, 6.07) is 13.7. The van der Waals surface area contributed by atoms with Crippen LogP contribution in [0.15, 0.2) is 47.8 Å². The molecule has 0 amide bonds. The first-order chi connectivity index (χ1) is 13.0. The summed E-state index contributed by atoms with van der Waals surface area (Å²) in [7, 11) is 2.13. The Balaban J connectivity index is 1.80. The Kier molecular flexibility index (Phi) is 5.98. The van der Waals surface area contributed by atoms with Gasteiger partial charge in [-0.3, -0.25) is 10.1 Å². The number of thiazole rings is 1. The van der Waals surface area contributed by atoms with E-state index >= 15 is 0 Å². The average Bonchev–Trinajstić information content (AvgIpc) is 3.13. The number of aryl methyl sites for hydroxylation is 1. The van der Waals surface area contributed by atoms with E-state index in [1.807, 2.05) is 11.4 Å². The molecule has 0 aliphatic rings. The van der Waals surface area contributed by atoms with Crippen molar-refractivity contribution in [1.29, 1.82) is 0 Å². The van der Waals surface area contributed by atoms with E-state index in [4.69, 9.17) is 0 Å². The summed E-state index contributed by atoms with van der Waals surface area (Å²) in [6.45, 7) is 5.94. The van der Waals surface area contributed by atoms with Gasteiger partial charge in [-0.25, -0.2) is 4.98 Å². The Hall–Kier alpha value is -2.57. The van der Waals surface area contributed by atoms with Crippen LogP contribution in [0.3, 0.4) is 0 Å². The molecule has 0 unspecified atom stereocenters. The standard InChI is InChI=1S/C21H23N3O2S/c1-4-11-23(3)13-16-6-9-17(10-7-16)19-14-27-21(22-19)18-8-5-15(2)20(12-18)24(25)26/h5-10,12,14H,4,11,13H2,1-3H3. The van der Waals surface area contributed by atoms with Gasteiger partial charge in [0.1, 0.15) is 5.01 Å². The third-order valence-electron chi connectivity index (χ3n) is 4.46. The predicted molar refractivity (Wildman–Crippen MR) is 111 cm³/mol. The molecule has 0 spiro atoms. The molecule has 6 heteroatoms. The van der Waals surface area contributed by atoms with Gasteiger partial charge >= 0.3 is 0 Å². The summed E-state index contributed by atoms with van der Waals surface area (Å²) >= 11 is 1.50. The smallest absolute Gasteiger partial charge is 0.273 e. The van der Waals surface area contributed by atoms with E-state index in [-0.39, 0.29) is 10.6 Å². The van der Waals surface area contributed by atoms with Crippen LogP contribution in [0.1, 0.15) is 24.5 Å². The molecule has 3 rings (SSSR count). The maximum atomic E-state index is 11.2. The van der Waals surface area contributed by atoms with Crippen LogP contribution < -0.4 is 0 Å². The van der Waals surface area contributed by atoms with Gasteiger partial charge in [-0.2, -0.15) is 0 Å². The SMILES string of the molecule is CCCN(C)Cc1ccc(-c2csc(-c3ccc(C)c([N+](=O)[O-])c3)n2)cc1. The topological polar surface area (TPSA) is 59.3 Å². The lowest BCUT2D eigenvalue weighted by molar-refractivity contribution is -0.385. The van der Waals surface area contributed by atoms with Crippen LogP contribution in [0.4, 0.5) is 5.69 Å². The van der Waals surface area contributed by atoms with E-state index in [1.54, 1.807) is 19.1 Å². The fraction of sp³-hybridized carbons (Fsp3) is 0.286. The van der Waals surface area contributed by atoms with Gasteiger partial charge < -0.3 is 4.90 Å². The molecule has 0 fully saturated rings. The highest BCUT2D eigenvalue weighted by Crippen LogP contribution is 2.32. The molecule has 0 aliphatic carbocycles. The summed E-state index contributed by atoms with van der Waals surface area (Å²) in [6.07, 6.45) is 1.15. The van der Waals surface area contributed by atoms with Crippen LogP contribution in [-0.4, -0.2) is 28.4 Å². The molecule has 27 heavy (non-hydrogen) atoms. The molecule has 0 bridgehead atoms. The maximum absolute atomic E-state index is 11.2. The Morgan fingerprint density at radius 2 is 1.85 bits per heavy atom. The molecule has 0 saturated heterocycles. The number of hydrogen-bond acceptors (Lipinski definition) is 5. The third kappa shape index (κ3) is 4.59. The normalized spacial score (nSPS) is 11.1. The molecule has 140 valence electrons. The van der Waals surface area contributed by atoms with Gasteiger partial charge in [0.15, 0.2) is 0 Å². The third-order valence-corrected chi connectivity index (χ3v) is 5.36. The molecule has 5 nitrogen and oxygen atoms in total. The van der Waals surface area contributed by atoms with Gasteiger partial charge in [0.25, 0.3) is 5.69 Å². The maximum Gasteiger partial charge on any atom is 0.273 e. The van der Waals surface area contributed by atoms with Gasteiger partial charge in [0, 0.05) is 34.7 Å². The number of benzene rings is 2. The van der Waals surface area contributed by atoms with E-state index in [0.29, 0.717) is 5.56 Å². The summed E-state index contributed by atoms with van der Waals surface area (Å²) in [5.74, 6) is 0. The Labute approximate surface area is 163 Å². The lowest BCUT2D eigenvalue weighted by Gasteiger charge is -2.15. The van der Waals surface area contributed by atoms with Crippen molar-refractivity contribution in [2.75, 3.05) is 13.6 Å². The summed E-state index contributed by atoms with van der Waals surface area (Å²) in [4.78, 5) is 17.8. The van der Waals surface area contributed by atoms with Crippen molar-refractivity contribution >= 4 is 17.0 Å². The summed E-state index contributed by atoms with van der Waals surface area (Å²) < 4.78 is 0. The van der Waals surface area contributed by atoms with Crippen molar-refractivity contribution in [3.63, 3.8) is 0 Å². The fourth-order valence-corrected chi connectivity index (χ4v) is 3.86. The zero-order chi connectivity index (χ0) is 19.4. The molecular formula is C21H23N3O2S. The average molecular weight is 382 g/mol. The molecule has 1 aromatic heterocycles. The van der Waals surface area contributed by atoms with Crippen molar-refractivity contribution in [2.45, 2.75) is 26.8 Å². The zero-order valence-corrected chi connectivity index (χ0v) is 16.6. The number of nitrogens with zero attached hydrogens (tertiary/aromatic N) is 3. The Morgan fingerprint density at radius 3 is 2.52 bits per heavy atom. The van der Waals surface area contributed by atoms with Gasteiger partial charge in [-0.15, -0.1) is 11.3 Å². The van der Waals surface area contributed by atoms with E-state index in [2.05, 4.69) is 48.1 Å². The molecular weight excluding hydrogens is 358 g/mol. The van der Waals surface area contributed by atoms with Crippen LogP contribution in [0.2, 0.25) is 0 Å². The monoisotopic (exact) mass is 381 g/mol. The fourth-order valence-electron chi connectivity index (χ4n) is 3.03. The number of nitro benzene ring substituents is 1. The lowest BCUT2D eigenvalue weighted by atomic mass is 10.1. The van der Waals surface area contributed by atoms with Crippen LogP contribution in [0.25, 0.3) is 21.8 Å². The van der Waals surface area contributed by atoms with Crippen molar-refractivity contribution in [3.05, 3.63) is 69.1 Å². The molecule has 1 heterocycles. The van der Waals surface area contributed by atoms with Crippen molar-refractivity contribution in [2.24, 2.45) is 0 Å². The minimum Gasteiger partial charge on any atom is -0.302 e. The molecule has 0 aliphatic heterocycles. The highest BCUT2D eigenvalue weighted by Gasteiger charge is 2.14. The molecule has 0 saturated carbocycles. The first-order valence-corrected chi connectivity index (χ1v) is 9.84. The van der Waals surface area contributed by atoms with Gasteiger partial charge in [-0.05, 0) is 32.5 Å². The van der Waals surface area contributed by atoms with Crippen molar-refractivity contribution < 1.29 is 4.92 Å². The molecule has 0 N–H and O–H groups in total. The van der Waals surface area contributed by atoms with E-state index < -0.39 is 0 Å². The van der Waals surface area contributed by atoms with Crippen molar-refractivity contribution in [1.82, 2.24) is 9.88 Å². The number of hydrogen-bond donors (Lipinski definition) is 0. The Bertz CT molecular complexity index is 935. The minimum atomic E-state index is -0.346. The quantitative estimate of drug-likeness (QED) is 0.398. The first-order valence-electron chi connectivity index (χ1n) is 8.96. The van der Waals surface area contributed by atoms with E-state index in [9.17, 15) is 10.1 Å². The summed E-state index contributed by atoms with van der Waals surface area (Å²) in [5, 5.41) is 14.0. The second-order valence-corrected chi connectivity index (χ2v) is 7.59. The van der Waals surface area contributed by atoms with E-state index in [0.717, 1.165) is 41.3 Å².